The van der Waals surface area contributed by atoms with E-state index in [1.54, 1.807) is 12.1 Å². The average molecular weight is 319 g/mol. The monoisotopic (exact) mass is 318 g/mol. The van der Waals surface area contributed by atoms with E-state index in [0.29, 0.717) is 11.1 Å². The van der Waals surface area contributed by atoms with Gasteiger partial charge in [0.25, 0.3) is 0 Å². The fourth-order valence-corrected chi connectivity index (χ4v) is 1.80. The zero-order valence-corrected chi connectivity index (χ0v) is 12.5. The molecule has 1 aromatic carbocycles. The molecule has 102 valence electrons. The molecular formula is C13H20BrFN2O. The van der Waals surface area contributed by atoms with E-state index in [2.05, 4.69) is 26.1 Å². The van der Waals surface area contributed by atoms with Crippen molar-refractivity contribution in [2.45, 2.75) is 6.54 Å². The summed E-state index contributed by atoms with van der Waals surface area (Å²) in [5.74, 6) is -0.231. The Morgan fingerprint density at radius 1 is 1.33 bits per heavy atom. The second kappa shape index (κ2) is 8.58. The first-order valence-corrected chi connectivity index (χ1v) is 6.76. The van der Waals surface area contributed by atoms with Crippen LogP contribution in [0.15, 0.2) is 22.7 Å². The van der Waals surface area contributed by atoms with Crippen molar-refractivity contribution in [1.29, 1.82) is 0 Å². The van der Waals surface area contributed by atoms with E-state index < -0.39 is 0 Å². The second-order valence-corrected chi connectivity index (χ2v) is 5.20. The van der Waals surface area contributed by atoms with E-state index in [9.17, 15) is 4.39 Å². The van der Waals surface area contributed by atoms with Crippen LogP contribution in [-0.4, -0.2) is 45.3 Å². The maximum atomic E-state index is 13.0. The zero-order chi connectivity index (χ0) is 13.4. The molecule has 0 spiro atoms. The summed E-state index contributed by atoms with van der Waals surface area (Å²) < 4.78 is 19.0. The average Bonchev–Trinajstić information content (AvgIpc) is 2.32. The van der Waals surface area contributed by atoms with Crippen molar-refractivity contribution in [2.75, 3.05) is 40.4 Å². The molecule has 0 aliphatic rings. The molecule has 0 saturated carbocycles. The third-order valence-electron chi connectivity index (χ3n) is 2.42. The molecule has 5 heteroatoms. The molecule has 1 N–H and O–H groups in total. The molecule has 0 bridgehead atoms. The molecule has 0 unspecified atom stereocenters. The van der Waals surface area contributed by atoms with Gasteiger partial charge in [0.15, 0.2) is 0 Å². The summed E-state index contributed by atoms with van der Waals surface area (Å²) in [6.45, 7) is 3.89. The number of ether oxygens (including phenoxy) is 1. The molecule has 0 heterocycles. The Morgan fingerprint density at radius 3 is 2.78 bits per heavy atom. The number of nitrogens with one attached hydrogen (secondary N) is 1. The molecule has 0 radical (unpaired) electrons. The normalized spacial score (nSPS) is 11.2. The SMILES string of the molecule is CN(C)CCOCCNCc1ccc(F)c(Br)c1. The first-order valence-electron chi connectivity index (χ1n) is 5.96. The van der Waals surface area contributed by atoms with E-state index in [-0.39, 0.29) is 5.82 Å². The number of halogens is 2. The van der Waals surface area contributed by atoms with E-state index in [1.165, 1.54) is 6.07 Å². The van der Waals surface area contributed by atoms with Crippen molar-refractivity contribution >= 4 is 15.9 Å². The predicted molar refractivity (Wildman–Crippen MR) is 75.2 cm³/mol. The van der Waals surface area contributed by atoms with Gasteiger partial charge in [0.2, 0.25) is 0 Å². The lowest BCUT2D eigenvalue weighted by Gasteiger charge is -2.10. The van der Waals surface area contributed by atoms with Gasteiger partial charge in [-0.3, -0.25) is 0 Å². The van der Waals surface area contributed by atoms with Gasteiger partial charge in [-0.05, 0) is 47.7 Å². The molecular weight excluding hydrogens is 299 g/mol. The highest BCUT2D eigenvalue weighted by Crippen LogP contribution is 2.16. The summed E-state index contributed by atoms with van der Waals surface area (Å²) in [5.41, 5.74) is 1.05. The lowest BCUT2D eigenvalue weighted by atomic mass is 10.2. The molecule has 0 atom stereocenters. The van der Waals surface area contributed by atoms with Gasteiger partial charge < -0.3 is 15.0 Å². The minimum Gasteiger partial charge on any atom is -0.379 e. The van der Waals surface area contributed by atoms with Gasteiger partial charge in [-0.2, -0.15) is 0 Å². The van der Waals surface area contributed by atoms with Crippen molar-refractivity contribution in [1.82, 2.24) is 10.2 Å². The van der Waals surface area contributed by atoms with Crippen molar-refractivity contribution in [3.63, 3.8) is 0 Å². The van der Waals surface area contributed by atoms with Gasteiger partial charge in [-0.1, -0.05) is 6.07 Å². The summed E-state index contributed by atoms with van der Waals surface area (Å²) in [5, 5.41) is 3.25. The van der Waals surface area contributed by atoms with Gasteiger partial charge >= 0.3 is 0 Å². The maximum Gasteiger partial charge on any atom is 0.137 e. The smallest absolute Gasteiger partial charge is 0.137 e. The number of likely N-dealkylation sites (N-methyl/N-ethyl adjacent to an activating group) is 1. The molecule has 3 nitrogen and oxygen atoms in total. The number of hydrogen-bond acceptors (Lipinski definition) is 3. The lowest BCUT2D eigenvalue weighted by Crippen LogP contribution is -2.23. The van der Waals surface area contributed by atoms with Crippen LogP contribution in [0.1, 0.15) is 5.56 Å². The van der Waals surface area contributed by atoms with Crippen molar-refractivity contribution in [3.8, 4) is 0 Å². The van der Waals surface area contributed by atoms with E-state index in [4.69, 9.17) is 4.74 Å². The second-order valence-electron chi connectivity index (χ2n) is 4.34. The largest absolute Gasteiger partial charge is 0.379 e. The standard InChI is InChI=1S/C13H20BrFN2O/c1-17(2)6-8-18-7-5-16-10-11-3-4-13(15)12(14)9-11/h3-4,9,16H,5-8,10H2,1-2H3. The number of hydrogen-bond donors (Lipinski definition) is 1. The van der Waals surface area contributed by atoms with Gasteiger partial charge in [0.1, 0.15) is 5.82 Å². The Morgan fingerprint density at radius 2 is 2.11 bits per heavy atom. The minimum absolute atomic E-state index is 0.231. The summed E-state index contributed by atoms with van der Waals surface area (Å²) in [6.07, 6.45) is 0. The van der Waals surface area contributed by atoms with Gasteiger partial charge in [-0.25, -0.2) is 4.39 Å². The number of nitrogens with zero attached hydrogens (tertiary/aromatic N) is 1. The van der Waals surface area contributed by atoms with Crippen LogP contribution >= 0.6 is 15.9 Å². The van der Waals surface area contributed by atoms with Crippen molar-refractivity contribution in [3.05, 3.63) is 34.1 Å². The van der Waals surface area contributed by atoms with Crippen molar-refractivity contribution < 1.29 is 9.13 Å². The highest BCUT2D eigenvalue weighted by Gasteiger charge is 1.99. The molecule has 0 aliphatic heterocycles. The Labute approximate surface area is 116 Å². The Balaban J connectivity index is 2.09. The van der Waals surface area contributed by atoms with Crippen LogP contribution in [0.2, 0.25) is 0 Å². The predicted octanol–water partition coefficient (Wildman–Crippen LogP) is 2.26. The number of rotatable bonds is 8. The van der Waals surface area contributed by atoms with Crippen molar-refractivity contribution in [2.24, 2.45) is 0 Å². The summed E-state index contributed by atoms with van der Waals surface area (Å²) in [6, 6.07) is 5.03. The number of benzene rings is 1. The minimum atomic E-state index is -0.231. The Kier molecular flexibility index (Phi) is 7.42. The molecule has 0 aromatic heterocycles. The highest BCUT2D eigenvalue weighted by molar-refractivity contribution is 9.10. The van der Waals surface area contributed by atoms with Gasteiger partial charge in [-0.15, -0.1) is 0 Å². The van der Waals surface area contributed by atoms with Gasteiger partial charge in [0.05, 0.1) is 17.7 Å². The summed E-state index contributed by atoms with van der Waals surface area (Å²) >= 11 is 3.17. The van der Waals surface area contributed by atoms with Crippen LogP contribution in [0, 0.1) is 5.82 Å². The summed E-state index contributed by atoms with van der Waals surface area (Å²) in [7, 11) is 4.04. The van der Waals surface area contributed by atoms with Crippen LogP contribution in [0.4, 0.5) is 4.39 Å². The fraction of sp³-hybridized carbons (Fsp3) is 0.538. The van der Waals surface area contributed by atoms with Crippen LogP contribution in [-0.2, 0) is 11.3 Å². The highest BCUT2D eigenvalue weighted by atomic mass is 79.9. The molecule has 1 rings (SSSR count). The topological polar surface area (TPSA) is 24.5 Å². The quantitative estimate of drug-likeness (QED) is 0.744. The van der Waals surface area contributed by atoms with E-state index in [1.807, 2.05) is 14.1 Å². The summed E-state index contributed by atoms with van der Waals surface area (Å²) in [4.78, 5) is 2.09. The van der Waals surface area contributed by atoms with E-state index in [0.717, 1.165) is 31.8 Å². The first kappa shape index (κ1) is 15.6. The third-order valence-corrected chi connectivity index (χ3v) is 3.03. The maximum absolute atomic E-state index is 13.0. The third kappa shape index (κ3) is 6.44. The van der Waals surface area contributed by atoms with Crippen LogP contribution in [0.5, 0.6) is 0 Å². The van der Waals surface area contributed by atoms with Crippen LogP contribution < -0.4 is 5.32 Å². The van der Waals surface area contributed by atoms with Crippen LogP contribution in [0.25, 0.3) is 0 Å². The molecule has 0 fully saturated rings. The molecule has 0 amide bonds. The molecule has 1 aromatic rings. The lowest BCUT2D eigenvalue weighted by molar-refractivity contribution is 0.119. The molecule has 0 aliphatic carbocycles. The fourth-order valence-electron chi connectivity index (χ4n) is 1.38. The zero-order valence-electron chi connectivity index (χ0n) is 10.9. The molecule has 0 saturated heterocycles. The first-order chi connectivity index (χ1) is 8.59. The molecule has 18 heavy (non-hydrogen) atoms. The van der Waals surface area contributed by atoms with E-state index >= 15 is 0 Å². The Bertz CT molecular complexity index is 361. The van der Waals surface area contributed by atoms with Gasteiger partial charge in [0, 0.05) is 19.6 Å². The Hall–Kier alpha value is -0.490. The van der Waals surface area contributed by atoms with Crippen LogP contribution in [0.3, 0.4) is 0 Å².